The van der Waals surface area contributed by atoms with Crippen LogP contribution in [0, 0.1) is 0 Å². The van der Waals surface area contributed by atoms with Crippen LogP contribution in [0.1, 0.15) is 56.8 Å². The van der Waals surface area contributed by atoms with Crippen LogP contribution in [-0.2, 0) is 16.0 Å². The summed E-state index contributed by atoms with van der Waals surface area (Å²) >= 11 is 0. The average Bonchev–Trinajstić information content (AvgIpc) is 3.33. The van der Waals surface area contributed by atoms with Crippen molar-refractivity contribution in [2.45, 2.75) is 64.0 Å². The Morgan fingerprint density at radius 2 is 2.17 bits per heavy atom. The first kappa shape index (κ1) is 20.2. The minimum atomic E-state index is -0.358. The van der Waals surface area contributed by atoms with Crippen LogP contribution in [0.15, 0.2) is 18.3 Å². The molecule has 3 N–H and O–H groups in total. The smallest absolute Gasteiger partial charge is 0.407 e. The van der Waals surface area contributed by atoms with Gasteiger partial charge in [0.05, 0.1) is 17.1 Å². The molecule has 9 nitrogen and oxygen atoms in total. The third kappa shape index (κ3) is 4.24. The van der Waals surface area contributed by atoms with Crippen molar-refractivity contribution in [2.24, 2.45) is 0 Å². The van der Waals surface area contributed by atoms with E-state index in [4.69, 9.17) is 4.74 Å². The number of ether oxygens (including phenoxy) is 1. The number of aromatic nitrogens is 3. The first-order valence-corrected chi connectivity index (χ1v) is 10.4. The summed E-state index contributed by atoms with van der Waals surface area (Å²) in [6.07, 6.45) is 4.98. The van der Waals surface area contributed by atoms with Gasteiger partial charge in [0.2, 0.25) is 5.91 Å². The highest BCUT2D eigenvalue weighted by Crippen LogP contribution is 2.37. The molecule has 2 aliphatic rings. The minimum Gasteiger partial charge on any atom is -0.446 e. The van der Waals surface area contributed by atoms with E-state index in [0.29, 0.717) is 18.7 Å². The number of fused-ring (bicyclic) bond motifs is 1. The predicted octanol–water partition coefficient (Wildman–Crippen LogP) is 3.23. The summed E-state index contributed by atoms with van der Waals surface area (Å²) in [5.74, 6) is 1.03. The molecule has 30 heavy (non-hydrogen) atoms. The maximum absolute atomic E-state index is 12.1. The van der Waals surface area contributed by atoms with Crippen LogP contribution >= 0.6 is 0 Å². The molecule has 2 aromatic heterocycles. The van der Waals surface area contributed by atoms with E-state index in [0.717, 1.165) is 42.0 Å². The van der Waals surface area contributed by atoms with Gasteiger partial charge in [-0.2, -0.15) is 5.10 Å². The number of hydrogen-bond donors (Lipinski definition) is 3. The number of rotatable bonds is 5. The van der Waals surface area contributed by atoms with Crippen LogP contribution in [0.5, 0.6) is 0 Å². The SMILES string of the molecule is CC(C)NC(=O)O[C@@H]1CC[C@H](c2cc(Nc3ccnc4c3N(C)C(=O)CC4)n[nH]2)C1. The lowest BCUT2D eigenvalue weighted by atomic mass is 10.0. The van der Waals surface area contributed by atoms with Crippen molar-refractivity contribution in [1.29, 1.82) is 0 Å². The highest BCUT2D eigenvalue weighted by molar-refractivity contribution is 5.99. The van der Waals surface area contributed by atoms with Gasteiger partial charge in [0.1, 0.15) is 6.10 Å². The van der Waals surface area contributed by atoms with Gasteiger partial charge in [-0.3, -0.25) is 14.9 Å². The van der Waals surface area contributed by atoms with E-state index in [-0.39, 0.29) is 30.1 Å². The number of carbonyl (C=O) groups is 2. The highest BCUT2D eigenvalue weighted by atomic mass is 16.6. The van der Waals surface area contributed by atoms with Gasteiger partial charge in [0.25, 0.3) is 0 Å². The molecule has 2 atom stereocenters. The number of H-pyrrole nitrogens is 1. The second-order valence-electron chi connectivity index (χ2n) is 8.28. The van der Waals surface area contributed by atoms with E-state index in [1.165, 1.54) is 0 Å². The number of alkyl carbamates (subject to hydrolysis) is 1. The standard InChI is InChI=1S/C21H28N6O3/c1-12(2)23-21(29)30-14-5-4-13(10-14)17-11-18(26-25-17)24-16-8-9-22-15-6-7-19(28)27(3)20(15)16/h8-9,11-14H,4-7,10H2,1-3H3,(H,23,29)(H2,22,24,25,26)/t13-,14+/m0/s1. The number of carbonyl (C=O) groups excluding carboxylic acids is 2. The zero-order chi connectivity index (χ0) is 21.3. The Kier molecular flexibility index (Phi) is 5.61. The molecule has 160 valence electrons. The largest absolute Gasteiger partial charge is 0.446 e. The van der Waals surface area contributed by atoms with Gasteiger partial charge < -0.3 is 20.3 Å². The second kappa shape index (κ2) is 8.33. The number of nitrogens with one attached hydrogen (secondary N) is 3. The third-order valence-electron chi connectivity index (χ3n) is 5.65. The molecule has 1 fully saturated rings. The maximum atomic E-state index is 12.1. The van der Waals surface area contributed by atoms with Gasteiger partial charge in [0.15, 0.2) is 5.82 Å². The molecule has 0 radical (unpaired) electrons. The summed E-state index contributed by atoms with van der Waals surface area (Å²) in [6, 6.07) is 3.90. The van der Waals surface area contributed by atoms with E-state index in [1.54, 1.807) is 18.1 Å². The Balaban J connectivity index is 1.41. The summed E-state index contributed by atoms with van der Waals surface area (Å²) in [5, 5.41) is 13.6. The number of nitrogens with zero attached hydrogens (tertiary/aromatic N) is 3. The molecule has 1 aliphatic heterocycles. The van der Waals surface area contributed by atoms with Crippen LogP contribution < -0.4 is 15.5 Å². The Morgan fingerprint density at radius 3 is 2.97 bits per heavy atom. The van der Waals surface area contributed by atoms with Gasteiger partial charge in [-0.25, -0.2) is 4.79 Å². The summed E-state index contributed by atoms with van der Waals surface area (Å²) in [5.41, 5.74) is 3.55. The lowest BCUT2D eigenvalue weighted by Gasteiger charge is -2.27. The maximum Gasteiger partial charge on any atom is 0.407 e. The topological polar surface area (TPSA) is 112 Å². The monoisotopic (exact) mass is 412 g/mol. The molecule has 1 saturated carbocycles. The molecule has 3 heterocycles. The fraction of sp³-hybridized carbons (Fsp3) is 0.524. The number of pyridine rings is 1. The fourth-order valence-corrected chi connectivity index (χ4v) is 4.17. The minimum absolute atomic E-state index is 0.0595. The fourth-order valence-electron chi connectivity index (χ4n) is 4.17. The molecule has 9 heteroatoms. The van der Waals surface area contributed by atoms with Crippen molar-refractivity contribution in [3.05, 3.63) is 29.7 Å². The van der Waals surface area contributed by atoms with Crippen LogP contribution in [0.25, 0.3) is 0 Å². The van der Waals surface area contributed by atoms with Crippen LogP contribution in [-0.4, -0.2) is 46.4 Å². The van der Waals surface area contributed by atoms with E-state index in [9.17, 15) is 9.59 Å². The number of hydrogen-bond acceptors (Lipinski definition) is 6. The van der Waals surface area contributed by atoms with Gasteiger partial charge in [-0.05, 0) is 39.2 Å². The van der Waals surface area contributed by atoms with E-state index in [1.807, 2.05) is 26.0 Å². The van der Waals surface area contributed by atoms with E-state index in [2.05, 4.69) is 25.8 Å². The highest BCUT2D eigenvalue weighted by Gasteiger charge is 2.30. The number of amides is 2. The zero-order valence-electron chi connectivity index (χ0n) is 17.6. The Morgan fingerprint density at radius 1 is 1.33 bits per heavy atom. The van der Waals surface area contributed by atoms with Crippen LogP contribution in [0.3, 0.4) is 0 Å². The molecule has 0 bridgehead atoms. The summed E-state index contributed by atoms with van der Waals surface area (Å²) < 4.78 is 5.52. The molecule has 2 amide bonds. The van der Waals surface area contributed by atoms with Crippen molar-refractivity contribution in [3.63, 3.8) is 0 Å². The lowest BCUT2D eigenvalue weighted by molar-refractivity contribution is -0.118. The first-order chi connectivity index (χ1) is 14.4. The molecular weight excluding hydrogens is 384 g/mol. The van der Waals surface area contributed by atoms with Crippen molar-refractivity contribution >= 4 is 29.2 Å². The van der Waals surface area contributed by atoms with Crippen LogP contribution in [0.4, 0.5) is 22.0 Å². The molecule has 4 rings (SSSR count). The van der Waals surface area contributed by atoms with Crippen molar-refractivity contribution in [1.82, 2.24) is 20.5 Å². The lowest BCUT2D eigenvalue weighted by Crippen LogP contribution is -2.33. The van der Waals surface area contributed by atoms with Gasteiger partial charge >= 0.3 is 6.09 Å². The van der Waals surface area contributed by atoms with Crippen molar-refractivity contribution in [2.75, 3.05) is 17.3 Å². The predicted molar refractivity (Wildman–Crippen MR) is 113 cm³/mol. The average molecular weight is 412 g/mol. The molecular formula is C21H28N6O3. The van der Waals surface area contributed by atoms with E-state index < -0.39 is 0 Å². The normalized spacial score (nSPS) is 20.9. The summed E-state index contributed by atoms with van der Waals surface area (Å²) in [6.45, 7) is 3.82. The molecule has 0 saturated heterocycles. The molecule has 2 aromatic rings. The Bertz CT molecular complexity index is 941. The van der Waals surface area contributed by atoms with Gasteiger partial charge in [-0.15, -0.1) is 0 Å². The Hall–Kier alpha value is -3.10. The first-order valence-electron chi connectivity index (χ1n) is 10.4. The number of anilines is 3. The van der Waals surface area contributed by atoms with Gasteiger partial charge in [0, 0.05) is 49.8 Å². The molecule has 1 aliphatic carbocycles. The molecule has 0 unspecified atom stereocenters. The zero-order valence-corrected chi connectivity index (χ0v) is 17.6. The molecule has 0 spiro atoms. The Labute approximate surface area is 175 Å². The second-order valence-corrected chi connectivity index (χ2v) is 8.28. The van der Waals surface area contributed by atoms with Gasteiger partial charge in [-0.1, -0.05) is 0 Å². The number of aryl methyl sites for hydroxylation is 1. The quantitative estimate of drug-likeness (QED) is 0.695. The van der Waals surface area contributed by atoms with Crippen molar-refractivity contribution in [3.8, 4) is 0 Å². The van der Waals surface area contributed by atoms with E-state index >= 15 is 0 Å². The van der Waals surface area contributed by atoms with Crippen molar-refractivity contribution < 1.29 is 14.3 Å². The summed E-state index contributed by atoms with van der Waals surface area (Å²) in [7, 11) is 1.78. The third-order valence-corrected chi connectivity index (χ3v) is 5.65. The molecule has 0 aromatic carbocycles. The number of aromatic amines is 1. The summed E-state index contributed by atoms with van der Waals surface area (Å²) in [4.78, 5) is 30.0. The van der Waals surface area contributed by atoms with Crippen LogP contribution in [0.2, 0.25) is 0 Å².